The van der Waals surface area contributed by atoms with Crippen LogP contribution in [0, 0.1) is 0 Å². The van der Waals surface area contributed by atoms with Crippen LogP contribution in [0.3, 0.4) is 0 Å². The van der Waals surface area contributed by atoms with Crippen LogP contribution in [-0.2, 0) is 22.5 Å². The van der Waals surface area contributed by atoms with Gasteiger partial charge in [0.2, 0.25) is 0 Å². The maximum absolute atomic E-state index is 13.1. The van der Waals surface area contributed by atoms with E-state index in [0.717, 1.165) is 21.7 Å². The minimum absolute atomic E-state index is 0.0522. The van der Waals surface area contributed by atoms with E-state index in [-0.39, 0.29) is 16.8 Å². The van der Waals surface area contributed by atoms with Crippen molar-refractivity contribution in [2.45, 2.75) is 36.7 Å². The van der Waals surface area contributed by atoms with Gasteiger partial charge in [-0.3, -0.25) is 14.2 Å². The van der Waals surface area contributed by atoms with Crippen LogP contribution in [0.1, 0.15) is 23.8 Å². The highest BCUT2D eigenvalue weighted by molar-refractivity contribution is 8.00. The summed E-state index contributed by atoms with van der Waals surface area (Å²) in [6.45, 7) is 2.93. The van der Waals surface area contributed by atoms with Crippen LogP contribution in [0.4, 0.5) is 0 Å². The molecule has 0 unspecified atom stereocenters. The number of aromatic nitrogens is 2. The lowest BCUT2D eigenvalue weighted by Gasteiger charge is -2.13. The standard InChI is InChI=1S/C19H18N2O3S2/c1-2-13-10-14-16(25-13)20-19(26-15-8-9-24-18(15)23)21(17(14)22)11-12-6-4-3-5-7-12/h3-7,10,15H,2,8-9,11H2,1H3/t15-/m0/s1. The van der Waals surface area contributed by atoms with Crippen LogP contribution in [-0.4, -0.2) is 27.4 Å². The lowest BCUT2D eigenvalue weighted by Crippen LogP contribution is -2.24. The predicted octanol–water partition coefficient (Wildman–Crippen LogP) is 3.48. The molecule has 5 nitrogen and oxygen atoms in total. The number of aryl methyl sites for hydroxylation is 1. The van der Waals surface area contributed by atoms with Gasteiger partial charge in [-0.2, -0.15) is 0 Å². The van der Waals surface area contributed by atoms with E-state index in [2.05, 4.69) is 6.92 Å². The predicted molar refractivity (Wildman–Crippen MR) is 104 cm³/mol. The van der Waals surface area contributed by atoms with Gasteiger partial charge in [-0.05, 0) is 18.1 Å². The smallest absolute Gasteiger partial charge is 0.319 e. The van der Waals surface area contributed by atoms with Crippen LogP contribution in [0.15, 0.2) is 46.3 Å². The number of hydrogen-bond acceptors (Lipinski definition) is 6. The van der Waals surface area contributed by atoms with Crippen molar-refractivity contribution in [1.82, 2.24) is 9.55 Å². The molecular weight excluding hydrogens is 368 g/mol. The molecule has 0 bridgehead atoms. The lowest BCUT2D eigenvalue weighted by molar-refractivity contribution is -0.137. The highest BCUT2D eigenvalue weighted by Gasteiger charge is 2.29. The van der Waals surface area contributed by atoms with Crippen molar-refractivity contribution >= 4 is 39.3 Å². The first kappa shape index (κ1) is 17.3. The van der Waals surface area contributed by atoms with Crippen molar-refractivity contribution in [1.29, 1.82) is 0 Å². The average molecular weight is 386 g/mol. The van der Waals surface area contributed by atoms with E-state index in [4.69, 9.17) is 9.72 Å². The zero-order valence-electron chi connectivity index (χ0n) is 14.3. The van der Waals surface area contributed by atoms with Crippen molar-refractivity contribution in [3.8, 4) is 0 Å². The maximum atomic E-state index is 13.1. The van der Waals surface area contributed by atoms with Gasteiger partial charge >= 0.3 is 5.97 Å². The van der Waals surface area contributed by atoms with Gasteiger partial charge in [0.15, 0.2) is 5.16 Å². The number of nitrogens with zero attached hydrogens (tertiary/aromatic N) is 2. The SMILES string of the molecule is CCc1cc2c(=O)n(Cc3ccccc3)c(S[C@H]3CCOC3=O)nc2s1. The minimum Gasteiger partial charge on any atom is -0.465 e. The first-order valence-corrected chi connectivity index (χ1v) is 10.3. The quantitative estimate of drug-likeness (QED) is 0.496. The molecular formula is C19H18N2O3S2. The van der Waals surface area contributed by atoms with Crippen LogP contribution >= 0.6 is 23.1 Å². The Labute approximate surface area is 159 Å². The molecule has 0 saturated carbocycles. The highest BCUT2D eigenvalue weighted by Crippen LogP contribution is 2.31. The molecule has 1 atom stereocenters. The molecule has 0 radical (unpaired) electrons. The second-order valence-corrected chi connectivity index (χ2v) is 8.40. The molecule has 4 rings (SSSR count). The van der Waals surface area contributed by atoms with Crippen LogP contribution in [0.5, 0.6) is 0 Å². The van der Waals surface area contributed by atoms with Crippen molar-refractivity contribution in [2.24, 2.45) is 0 Å². The third-order valence-electron chi connectivity index (χ3n) is 4.33. The monoisotopic (exact) mass is 386 g/mol. The molecule has 0 N–H and O–H groups in total. The van der Waals surface area contributed by atoms with E-state index in [9.17, 15) is 9.59 Å². The van der Waals surface area contributed by atoms with Crippen molar-refractivity contribution in [3.05, 3.63) is 57.2 Å². The molecule has 1 aromatic carbocycles. The Morgan fingerprint density at radius 3 is 2.81 bits per heavy atom. The van der Waals surface area contributed by atoms with Crippen LogP contribution in [0.2, 0.25) is 0 Å². The van der Waals surface area contributed by atoms with Crippen LogP contribution < -0.4 is 5.56 Å². The normalized spacial score (nSPS) is 17.0. The first-order chi connectivity index (χ1) is 12.7. The number of ether oxygens (including phenoxy) is 1. The Hall–Kier alpha value is -2.12. The molecule has 0 amide bonds. The van der Waals surface area contributed by atoms with Gasteiger partial charge in [-0.25, -0.2) is 4.98 Å². The number of benzene rings is 1. The molecule has 1 aliphatic heterocycles. The van der Waals surface area contributed by atoms with E-state index >= 15 is 0 Å². The lowest BCUT2D eigenvalue weighted by atomic mass is 10.2. The summed E-state index contributed by atoms with van der Waals surface area (Å²) < 4.78 is 6.74. The number of thioether (sulfide) groups is 1. The van der Waals surface area contributed by atoms with Crippen molar-refractivity contribution in [3.63, 3.8) is 0 Å². The molecule has 2 aromatic heterocycles. The second kappa shape index (κ2) is 7.25. The summed E-state index contributed by atoms with van der Waals surface area (Å²) in [6, 6.07) is 11.8. The van der Waals surface area contributed by atoms with Gasteiger partial charge < -0.3 is 4.74 Å². The Kier molecular flexibility index (Phi) is 4.82. The van der Waals surface area contributed by atoms with Gasteiger partial charge in [0.25, 0.3) is 5.56 Å². The van der Waals surface area contributed by atoms with Gasteiger partial charge in [-0.1, -0.05) is 49.0 Å². The van der Waals surface area contributed by atoms with E-state index in [0.29, 0.717) is 30.1 Å². The van der Waals surface area contributed by atoms with E-state index in [1.165, 1.54) is 11.8 Å². The molecule has 0 spiro atoms. The zero-order valence-corrected chi connectivity index (χ0v) is 15.9. The first-order valence-electron chi connectivity index (χ1n) is 8.56. The molecule has 26 heavy (non-hydrogen) atoms. The minimum atomic E-state index is -0.299. The van der Waals surface area contributed by atoms with Gasteiger partial charge in [0, 0.05) is 11.3 Å². The van der Waals surface area contributed by atoms with Crippen molar-refractivity contribution in [2.75, 3.05) is 6.61 Å². The molecule has 0 aliphatic carbocycles. The Bertz CT molecular complexity index is 1010. The van der Waals surface area contributed by atoms with Gasteiger partial charge in [0.1, 0.15) is 10.1 Å². The number of thiophene rings is 1. The molecule has 134 valence electrons. The van der Waals surface area contributed by atoms with E-state index in [1.807, 2.05) is 36.4 Å². The zero-order chi connectivity index (χ0) is 18.1. The Balaban J connectivity index is 1.82. The highest BCUT2D eigenvalue weighted by atomic mass is 32.2. The summed E-state index contributed by atoms with van der Waals surface area (Å²) in [5, 5.41) is 0.938. The summed E-state index contributed by atoms with van der Waals surface area (Å²) in [5.41, 5.74) is 0.973. The van der Waals surface area contributed by atoms with Gasteiger partial charge in [0.05, 0.1) is 18.5 Å². The summed E-state index contributed by atoms with van der Waals surface area (Å²) >= 11 is 2.88. The summed E-state index contributed by atoms with van der Waals surface area (Å²) in [6.07, 6.45) is 1.52. The Morgan fingerprint density at radius 2 is 2.12 bits per heavy atom. The topological polar surface area (TPSA) is 61.2 Å². The fourth-order valence-corrected chi connectivity index (χ4v) is 5.00. The molecule has 1 fully saturated rings. The van der Waals surface area contributed by atoms with E-state index in [1.54, 1.807) is 15.9 Å². The van der Waals surface area contributed by atoms with Crippen LogP contribution in [0.25, 0.3) is 10.2 Å². The second-order valence-electron chi connectivity index (χ2n) is 6.12. The number of carbonyl (C=O) groups is 1. The third-order valence-corrected chi connectivity index (χ3v) is 6.74. The third kappa shape index (κ3) is 3.29. The average Bonchev–Trinajstić information content (AvgIpc) is 3.25. The van der Waals surface area contributed by atoms with Crippen molar-refractivity contribution < 1.29 is 9.53 Å². The number of fused-ring (bicyclic) bond motifs is 1. The fraction of sp³-hybridized carbons (Fsp3) is 0.316. The summed E-state index contributed by atoms with van der Waals surface area (Å²) in [4.78, 5) is 31.6. The molecule has 3 aromatic rings. The molecule has 1 saturated heterocycles. The van der Waals surface area contributed by atoms with Gasteiger partial charge in [-0.15, -0.1) is 11.3 Å². The maximum Gasteiger partial charge on any atom is 0.319 e. The number of cyclic esters (lactones) is 1. The number of rotatable bonds is 5. The number of hydrogen-bond donors (Lipinski definition) is 0. The number of esters is 1. The summed E-state index contributed by atoms with van der Waals surface area (Å²) in [5.74, 6) is -0.226. The van der Waals surface area contributed by atoms with E-state index < -0.39 is 0 Å². The number of carbonyl (C=O) groups excluding carboxylic acids is 1. The Morgan fingerprint density at radius 1 is 1.31 bits per heavy atom. The largest absolute Gasteiger partial charge is 0.465 e. The summed E-state index contributed by atoms with van der Waals surface area (Å²) in [7, 11) is 0. The fourth-order valence-electron chi connectivity index (χ4n) is 2.93. The molecule has 7 heteroatoms. The molecule has 1 aliphatic rings. The molecule has 3 heterocycles.